The minimum atomic E-state index is -3.43. The van der Waals surface area contributed by atoms with Crippen molar-refractivity contribution in [2.24, 2.45) is 0 Å². The number of sulfone groups is 1. The van der Waals surface area contributed by atoms with Gasteiger partial charge in [-0.05, 0) is 30.3 Å². The lowest BCUT2D eigenvalue weighted by molar-refractivity contribution is 0.0993. The number of nitrogens with zero attached hydrogens (tertiary/aromatic N) is 2. The van der Waals surface area contributed by atoms with Gasteiger partial charge in [-0.1, -0.05) is 0 Å². The maximum absolute atomic E-state index is 12.4. The fourth-order valence-electron chi connectivity index (χ4n) is 1.84. The molecule has 0 radical (unpaired) electrons. The molecule has 0 aliphatic carbocycles. The Hall–Kier alpha value is -2.41. The third kappa shape index (κ3) is 3.38. The molecule has 21 heavy (non-hydrogen) atoms. The van der Waals surface area contributed by atoms with Gasteiger partial charge in [-0.2, -0.15) is 0 Å². The number of pyridine rings is 1. The highest BCUT2D eigenvalue weighted by molar-refractivity contribution is 7.90. The van der Waals surface area contributed by atoms with Crippen LogP contribution in [0.25, 0.3) is 0 Å². The van der Waals surface area contributed by atoms with E-state index >= 15 is 0 Å². The van der Waals surface area contributed by atoms with Gasteiger partial charge in [0.1, 0.15) is 0 Å². The molecule has 2 rings (SSSR count). The molecular weight excluding hydrogens is 290 g/mol. The lowest BCUT2D eigenvalue weighted by atomic mass is 10.1. The first-order valence-corrected chi connectivity index (χ1v) is 7.97. The number of aromatic nitrogens is 1. The highest BCUT2D eigenvalue weighted by Crippen LogP contribution is 2.20. The molecule has 7 heteroatoms. The molecule has 0 aliphatic heterocycles. The van der Waals surface area contributed by atoms with Crippen molar-refractivity contribution in [3.8, 4) is 0 Å². The number of carbonyl (C=O) groups excluding carboxylic acids is 1. The summed E-state index contributed by atoms with van der Waals surface area (Å²) in [4.78, 5) is 17.7. The van der Waals surface area contributed by atoms with Crippen LogP contribution in [0.5, 0.6) is 0 Å². The lowest BCUT2D eigenvalue weighted by Crippen LogP contribution is -2.26. The van der Waals surface area contributed by atoms with Crippen molar-refractivity contribution in [2.75, 3.05) is 23.9 Å². The molecule has 1 aromatic carbocycles. The van der Waals surface area contributed by atoms with E-state index in [1.807, 2.05) is 0 Å². The summed E-state index contributed by atoms with van der Waals surface area (Å²) in [5.74, 6) is -0.349. The van der Waals surface area contributed by atoms with E-state index in [1.54, 1.807) is 31.6 Å². The first-order valence-electron chi connectivity index (χ1n) is 6.08. The van der Waals surface area contributed by atoms with Crippen molar-refractivity contribution < 1.29 is 13.2 Å². The topological polar surface area (TPSA) is 93.4 Å². The second-order valence-corrected chi connectivity index (χ2v) is 6.65. The average Bonchev–Trinajstić information content (AvgIpc) is 2.45. The average molecular weight is 305 g/mol. The zero-order valence-electron chi connectivity index (χ0n) is 11.6. The molecule has 0 unspecified atom stereocenters. The van der Waals surface area contributed by atoms with Crippen LogP contribution in [0.15, 0.2) is 47.6 Å². The SMILES string of the molecule is CN(C(=O)c1cc(N)cc(S(C)(=O)=O)c1)c1ccncc1. The van der Waals surface area contributed by atoms with Crippen LogP contribution in [0.1, 0.15) is 10.4 Å². The number of benzene rings is 1. The predicted molar refractivity (Wildman–Crippen MR) is 80.9 cm³/mol. The summed E-state index contributed by atoms with van der Waals surface area (Å²) >= 11 is 0. The number of carbonyl (C=O) groups is 1. The van der Waals surface area contributed by atoms with Crippen LogP contribution in [0.2, 0.25) is 0 Å². The molecule has 6 nitrogen and oxygen atoms in total. The van der Waals surface area contributed by atoms with Gasteiger partial charge in [0.15, 0.2) is 9.84 Å². The van der Waals surface area contributed by atoms with Crippen LogP contribution >= 0.6 is 0 Å². The predicted octanol–water partition coefficient (Wildman–Crippen LogP) is 1.34. The summed E-state index contributed by atoms with van der Waals surface area (Å²) in [5.41, 5.74) is 6.78. The van der Waals surface area contributed by atoms with Gasteiger partial charge < -0.3 is 10.6 Å². The number of rotatable bonds is 3. The molecule has 0 atom stereocenters. The highest BCUT2D eigenvalue weighted by atomic mass is 32.2. The molecule has 2 aromatic rings. The Morgan fingerprint density at radius 3 is 2.38 bits per heavy atom. The molecule has 0 aliphatic rings. The van der Waals surface area contributed by atoms with Gasteiger partial charge in [-0.15, -0.1) is 0 Å². The van der Waals surface area contributed by atoms with Crippen LogP contribution in [-0.2, 0) is 9.84 Å². The highest BCUT2D eigenvalue weighted by Gasteiger charge is 2.17. The Morgan fingerprint density at radius 1 is 1.19 bits per heavy atom. The normalized spacial score (nSPS) is 11.1. The number of amides is 1. The van der Waals surface area contributed by atoms with E-state index in [1.165, 1.54) is 23.1 Å². The van der Waals surface area contributed by atoms with Crippen molar-refractivity contribution in [3.05, 3.63) is 48.3 Å². The molecule has 0 saturated heterocycles. The van der Waals surface area contributed by atoms with Crippen LogP contribution in [-0.4, -0.2) is 32.6 Å². The first-order chi connectivity index (χ1) is 9.79. The Morgan fingerprint density at radius 2 is 1.81 bits per heavy atom. The minimum absolute atomic E-state index is 0.0222. The molecule has 2 N–H and O–H groups in total. The summed E-state index contributed by atoms with van der Waals surface area (Å²) in [6, 6.07) is 7.47. The smallest absolute Gasteiger partial charge is 0.258 e. The number of nitrogen functional groups attached to an aromatic ring is 1. The third-order valence-electron chi connectivity index (χ3n) is 2.96. The summed E-state index contributed by atoms with van der Waals surface area (Å²) < 4.78 is 23.2. The van der Waals surface area contributed by atoms with Crippen LogP contribution < -0.4 is 10.6 Å². The molecule has 1 amide bonds. The fourth-order valence-corrected chi connectivity index (χ4v) is 2.53. The van der Waals surface area contributed by atoms with Gasteiger partial charge in [-0.3, -0.25) is 9.78 Å². The van der Waals surface area contributed by atoms with Gasteiger partial charge in [0, 0.05) is 42.6 Å². The molecule has 0 bridgehead atoms. The minimum Gasteiger partial charge on any atom is -0.399 e. The maximum atomic E-state index is 12.4. The van der Waals surface area contributed by atoms with E-state index < -0.39 is 9.84 Å². The van der Waals surface area contributed by atoms with Gasteiger partial charge >= 0.3 is 0 Å². The van der Waals surface area contributed by atoms with Gasteiger partial charge in [0.25, 0.3) is 5.91 Å². The van der Waals surface area contributed by atoms with Crippen LogP contribution in [0, 0.1) is 0 Å². The zero-order chi connectivity index (χ0) is 15.6. The van der Waals surface area contributed by atoms with E-state index in [2.05, 4.69) is 4.98 Å². The molecule has 1 heterocycles. The van der Waals surface area contributed by atoms with E-state index in [0.29, 0.717) is 5.69 Å². The Bertz CT molecular complexity index is 773. The molecule has 1 aromatic heterocycles. The van der Waals surface area contributed by atoms with Crippen LogP contribution in [0.4, 0.5) is 11.4 Å². The summed E-state index contributed by atoms with van der Waals surface area (Å²) in [6.45, 7) is 0. The quantitative estimate of drug-likeness (QED) is 0.864. The fraction of sp³-hybridized carbons (Fsp3) is 0.143. The molecule has 0 saturated carbocycles. The third-order valence-corrected chi connectivity index (χ3v) is 4.05. The second kappa shape index (κ2) is 5.53. The number of hydrogen-bond donors (Lipinski definition) is 1. The maximum Gasteiger partial charge on any atom is 0.258 e. The van der Waals surface area contributed by atoms with E-state index in [9.17, 15) is 13.2 Å². The Kier molecular flexibility index (Phi) is 3.95. The van der Waals surface area contributed by atoms with Gasteiger partial charge in [0.05, 0.1) is 4.90 Å². The number of nitrogens with two attached hydrogens (primary N) is 1. The monoisotopic (exact) mass is 305 g/mol. The Labute approximate surface area is 123 Å². The van der Waals surface area contributed by atoms with E-state index in [-0.39, 0.29) is 22.1 Å². The molecule has 110 valence electrons. The standard InChI is InChI=1S/C14H15N3O3S/c1-17(12-3-5-16-6-4-12)14(18)10-7-11(15)9-13(8-10)21(2,19)20/h3-9H,15H2,1-2H3. The van der Waals surface area contributed by atoms with Crippen LogP contribution in [0.3, 0.4) is 0 Å². The lowest BCUT2D eigenvalue weighted by Gasteiger charge is -2.17. The summed E-state index contributed by atoms with van der Waals surface area (Å²) in [6.07, 6.45) is 4.21. The van der Waals surface area contributed by atoms with Crippen molar-refractivity contribution >= 4 is 27.1 Å². The van der Waals surface area contributed by atoms with Crippen molar-refractivity contribution in [3.63, 3.8) is 0 Å². The van der Waals surface area contributed by atoms with Gasteiger partial charge in [0.2, 0.25) is 0 Å². The van der Waals surface area contributed by atoms with E-state index in [0.717, 1.165) is 6.26 Å². The van der Waals surface area contributed by atoms with Gasteiger partial charge in [-0.25, -0.2) is 8.42 Å². The largest absolute Gasteiger partial charge is 0.399 e. The van der Waals surface area contributed by atoms with Crippen molar-refractivity contribution in [1.82, 2.24) is 4.98 Å². The molecular formula is C14H15N3O3S. The van der Waals surface area contributed by atoms with E-state index in [4.69, 9.17) is 5.73 Å². The summed E-state index contributed by atoms with van der Waals surface area (Å²) in [5, 5.41) is 0. The first kappa shape index (κ1) is 15.0. The summed E-state index contributed by atoms with van der Waals surface area (Å²) in [7, 11) is -1.83. The molecule has 0 fully saturated rings. The zero-order valence-corrected chi connectivity index (χ0v) is 12.5. The number of hydrogen-bond acceptors (Lipinski definition) is 5. The van der Waals surface area contributed by atoms with Crippen molar-refractivity contribution in [1.29, 1.82) is 0 Å². The number of anilines is 2. The second-order valence-electron chi connectivity index (χ2n) is 4.63. The van der Waals surface area contributed by atoms with Crippen molar-refractivity contribution in [2.45, 2.75) is 4.90 Å². The Balaban J connectivity index is 2.42. The molecule has 0 spiro atoms.